The largest absolute Gasteiger partial charge is 0.480 e. The van der Waals surface area contributed by atoms with Crippen LogP contribution in [0, 0.1) is 5.82 Å². The summed E-state index contributed by atoms with van der Waals surface area (Å²) >= 11 is 3.09. The molecule has 0 aliphatic carbocycles. The van der Waals surface area contributed by atoms with Crippen molar-refractivity contribution in [3.05, 3.63) is 28.5 Å². The summed E-state index contributed by atoms with van der Waals surface area (Å²) in [5.41, 5.74) is -0.0521. The first-order valence-electron chi connectivity index (χ1n) is 5.82. The van der Waals surface area contributed by atoms with E-state index in [0.29, 0.717) is 4.47 Å². The number of aliphatic hydroxyl groups excluding tert-OH is 1. The highest BCUT2D eigenvalue weighted by atomic mass is 79.9. The van der Waals surface area contributed by atoms with Gasteiger partial charge in [-0.05, 0) is 18.2 Å². The molecule has 1 saturated heterocycles. The fourth-order valence-electron chi connectivity index (χ4n) is 2.05. The second-order valence-electron chi connectivity index (χ2n) is 4.45. The van der Waals surface area contributed by atoms with E-state index in [0.717, 1.165) is 4.90 Å². The number of aliphatic carboxylic acids is 1. The van der Waals surface area contributed by atoms with Gasteiger partial charge >= 0.3 is 12.0 Å². The van der Waals surface area contributed by atoms with Gasteiger partial charge in [0.15, 0.2) is 0 Å². The van der Waals surface area contributed by atoms with Gasteiger partial charge in [-0.2, -0.15) is 0 Å². The molecule has 0 bridgehead atoms. The Bertz CT molecular complexity index is 554. The van der Waals surface area contributed by atoms with Crippen LogP contribution < -0.4 is 5.32 Å². The summed E-state index contributed by atoms with van der Waals surface area (Å²) in [6.07, 6.45) is -0.928. The fraction of sp³-hybridized carbons (Fsp3) is 0.333. The topological polar surface area (TPSA) is 89.9 Å². The highest BCUT2D eigenvalue weighted by molar-refractivity contribution is 9.10. The zero-order valence-electron chi connectivity index (χ0n) is 10.2. The Hall–Kier alpha value is -1.67. The Balaban J connectivity index is 2.13. The number of carbonyl (C=O) groups is 2. The van der Waals surface area contributed by atoms with Crippen LogP contribution in [0.4, 0.5) is 14.9 Å². The van der Waals surface area contributed by atoms with Gasteiger partial charge in [0.1, 0.15) is 11.9 Å². The summed E-state index contributed by atoms with van der Waals surface area (Å²) in [6, 6.07) is 2.23. The third kappa shape index (κ3) is 3.07. The molecule has 2 atom stereocenters. The molecular formula is C12H12BrFN2O4. The summed E-state index contributed by atoms with van der Waals surface area (Å²) in [6.45, 7) is -0.0963. The Morgan fingerprint density at radius 1 is 1.45 bits per heavy atom. The molecule has 6 nitrogen and oxygen atoms in total. The molecule has 0 saturated carbocycles. The Labute approximate surface area is 122 Å². The normalized spacial score (nSPS) is 21.9. The summed E-state index contributed by atoms with van der Waals surface area (Å²) in [7, 11) is 0. The van der Waals surface area contributed by atoms with Crippen molar-refractivity contribution < 1.29 is 24.2 Å². The molecule has 1 aliphatic heterocycles. The number of anilines is 1. The lowest BCUT2D eigenvalue weighted by atomic mass is 10.2. The Morgan fingerprint density at radius 3 is 2.75 bits per heavy atom. The fourth-order valence-corrected chi connectivity index (χ4v) is 2.38. The van der Waals surface area contributed by atoms with Crippen molar-refractivity contribution in [3.8, 4) is 0 Å². The molecule has 1 aliphatic rings. The Kier molecular flexibility index (Phi) is 4.24. The molecule has 0 radical (unpaired) electrons. The van der Waals surface area contributed by atoms with Crippen molar-refractivity contribution in [1.29, 1.82) is 0 Å². The minimum atomic E-state index is -1.20. The molecule has 20 heavy (non-hydrogen) atoms. The van der Waals surface area contributed by atoms with Gasteiger partial charge in [-0.1, -0.05) is 15.9 Å². The minimum Gasteiger partial charge on any atom is -0.480 e. The van der Waals surface area contributed by atoms with Gasteiger partial charge in [-0.25, -0.2) is 14.0 Å². The molecule has 1 heterocycles. The van der Waals surface area contributed by atoms with Crippen LogP contribution in [0.15, 0.2) is 22.7 Å². The third-order valence-electron chi connectivity index (χ3n) is 3.00. The zero-order chi connectivity index (χ0) is 14.9. The van der Waals surface area contributed by atoms with Crippen molar-refractivity contribution in [3.63, 3.8) is 0 Å². The maximum absolute atomic E-state index is 13.6. The van der Waals surface area contributed by atoms with Gasteiger partial charge in [0.05, 0.1) is 11.8 Å². The van der Waals surface area contributed by atoms with Crippen molar-refractivity contribution in [2.24, 2.45) is 0 Å². The van der Waals surface area contributed by atoms with Crippen molar-refractivity contribution in [2.75, 3.05) is 11.9 Å². The first-order chi connectivity index (χ1) is 9.38. The van der Waals surface area contributed by atoms with Gasteiger partial charge in [0.25, 0.3) is 0 Å². The number of amides is 2. The van der Waals surface area contributed by atoms with Gasteiger partial charge in [0, 0.05) is 17.4 Å². The van der Waals surface area contributed by atoms with Crippen LogP contribution >= 0.6 is 15.9 Å². The smallest absolute Gasteiger partial charge is 0.326 e. The Morgan fingerprint density at radius 2 is 2.15 bits per heavy atom. The van der Waals surface area contributed by atoms with Crippen LogP contribution in [0.1, 0.15) is 6.42 Å². The van der Waals surface area contributed by atoms with Gasteiger partial charge in [0.2, 0.25) is 0 Å². The predicted molar refractivity (Wildman–Crippen MR) is 71.9 cm³/mol. The second kappa shape index (κ2) is 5.76. The summed E-state index contributed by atoms with van der Waals surface area (Å²) < 4.78 is 14.1. The molecule has 0 aromatic heterocycles. The number of carboxylic acid groups (broad SMARTS) is 1. The lowest BCUT2D eigenvalue weighted by molar-refractivity contribution is -0.141. The highest BCUT2D eigenvalue weighted by Gasteiger charge is 2.39. The average molecular weight is 347 g/mol. The van der Waals surface area contributed by atoms with E-state index in [1.165, 1.54) is 12.1 Å². The van der Waals surface area contributed by atoms with E-state index < -0.39 is 30.0 Å². The summed E-state index contributed by atoms with van der Waals surface area (Å²) in [5.74, 6) is -1.84. The molecule has 0 spiro atoms. The third-order valence-corrected chi connectivity index (χ3v) is 3.49. The number of urea groups is 1. The van der Waals surface area contributed by atoms with Crippen LogP contribution in [-0.2, 0) is 4.79 Å². The molecule has 108 valence electrons. The maximum atomic E-state index is 13.6. The number of carbonyl (C=O) groups excluding carboxylic acids is 1. The number of hydrogen-bond donors (Lipinski definition) is 3. The van der Waals surface area contributed by atoms with E-state index in [1.807, 2.05) is 0 Å². The van der Waals surface area contributed by atoms with Crippen LogP contribution in [0.5, 0.6) is 0 Å². The van der Waals surface area contributed by atoms with Gasteiger partial charge in [-0.3, -0.25) is 0 Å². The number of hydrogen-bond acceptors (Lipinski definition) is 3. The van der Waals surface area contributed by atoms with E-state index in [2.05, 4.69) is 21.2 Å². The molecule has 3 N–H and O–H groups in total. The average Bonchev–Trinajstić information content (AvgIpc) is 2.75. The maximum Gasteiger partial charge on any atom is 0.326 e. The predicted octanol–water partition coefficient (Wildman–Crippen LogP) is 1.64. The molecule has 2 rings (SSSR count). The van der Waals surface area contributed by atoms with Gasteiger partial charge < -0.3 is 20.4 Å². The van der Waals surface area contributed by atoms with Crippen LogP contribution in [0.25, 0.3) is 0 Å². The molecule has 8 heteroatoms. The summed E-state index contributed by atoms with van der Waals surface area (Å²) in [4.78, 5) is 24.0. The number of benzene rings is 1. The highest BCUT2D eigenvalue weighted by Crippen LogP contribution is 2.22. The van der Waals surface area contributed by atoms with E-state index in [4.69, 9.17) is 5.11 Å². The van der Waals surface area contributed by atoms with E-state index in [9.17, 15) is 19.1 Å². The minimum absolute atomic E-state index is 0.0361. The van der Waals surface area contributed by atoms with Gasteiger partial charge in [-0.15, -0.1) is 0 Å². The van der Waals surface area contributed by atoms with E-state index in [1.54, 1.807) is 6.07 Å². The second-order valence-corrected chi connectivity index (χ2v) is 5.37. The molecular weight excluding hydrogens is 335 g/mol. The molecule has 1 unspecified atom stereocenters. The van der Waals surface area contributed by atoms with Crippen LogP contribution in [0.3, 0.4) is 0 Å². The number of likely N-dealkylation sites (tertiary alicyclic amines) is 1. The number of β-amino-alcohol motifs (C(OH)–C–C–N with tert-alkyl or cyclic N) is 1. The molecule has 2 amide bonds. The number of aliphatic hydroxyl groups is 1. The monoisotopic (exact) mass is 346 g/mol. The number of nitrogens with one attached hydrogen (secondary N) is 1. The zero-order valence-corrected chi connectivity index (χ0v) is 11.8. The number of nitrogens with zero attached hydrogens (tertiary/aromatic N) is 1. The molecule has 1 aromatic rings. The lowest BCUT2D eigenvalue weighted by Gasteiger charge is -2.21. The summed E-state index contributed by atoms with van der Waals surface area (Å²) in [5, 5.41) is 20.8. The molecule has 1 fully saturated rings. The van der Waals surface area contributed by atoms with E-state index in [-0.39, 0.29) is 18.7 Å². The quantitative estimate of drug-likeness (QED) is 0.759. The standard InChI is InChI=1S/C12H12BrFN2O4/c13-6-1-2-9(8(14)3-6)15-12(20)16-5-7(17)4-10(16)11(18)19/h1-3,7,10,17H,4-5H2,(H,15,20)(H,18,19)/t7?,10-/m0/s1. The number of carboxylic acids is 1. The van der Waals surface area contributed by atoms with Crippen LogP contribution in [0.2, 0.25) is 0 Å². The first-order valence-corrected chi connectivity index (χ1v) is 6.61. The van der Waals surface area contributed by atoms with Crippen molar-refractivity contribution in [2.45, 2.75) is 18.6 Å². The van der Waals surface area contributed by atoms with Crippen molar-refractivity contribution >= 4 is 33.6 Å². The van der Waals surface area contributed by atoms with E-state index >= 15 is 0 Å². The van der Waals surface area contributed by atoms with Crippen molar-refractivity contribution in [1.82, 2.24) is 4.90 Å². The molecule has 1 aromatic carbocycles. The number of rotatable bonds is 2. The van der Waals surface area contributed by atoms with Crippen LogP contribution in [-0.4, -0.2) is 45.8 Å². The number of halogens is 2. The first kappa shape index (κ1) is 14.7. The lowest BCUT2D eigenvalue weighted by Crippen LogP contribution is -2.43. The SMILES string of the molecule is O=C(O)[C@@H]1CC(O)CN1C(=O)Nc1ccc(Br)cc1F.